The monoisotopic (exact) mass is 265 g/mol. The van der Waals surface area contributed by atoms with Crippen molar-refractivity contribution in [2.45, 2.75) is 19.9 Å². The van der Waals surface area contributed by atoms with Crippen LogP contribution in [0.2, 0.25) is 0 Å². The zero-order valence-corrected chi connectivity index (χ0v) is 12.5. The van der Waals surface area contributed by atoms with Crippen molar-refractivity contribution in [1.29, 1.82) is 0 Å². The van der Waals surface area contributed by atoms with Crippen LogP contribution in [-0.2, 0) is 0 Å². The van der Waals surface area contributed by atoms with Gasteiger partial charge >= 0.3 is 0 Å². The molecule has 0 radical (unpaired) electrons. The normalized spacial score (nSPS) is 13.1. The Morgan fingerprint density at radius 1 is 1.11 bits per heavy atom. The lowest BCUT2D eigenvalue weighted by atomic mass is 10.0. The number of likely N-dealkylation sites (N-methyl/N-ethyl adjacent to an activating group) is 1. The predicted octanol–water partition coefficient (Wildman–Crippen LogP) is 2.72. The van der Waals surface area contributed by atoms with E-state index in [1.807, 2.05) is 19.2 Å². The van der Waals surface area contributed by atoms with Crippen molar-refractivity contribution in [1.82, 2.24) is 5.32 Å². The van der Waals surface area contributed by atoms with Gasteiger partial charge in [-0.3, -0.25) is 0 Å². The lowest BCUT2D eigenvalue weighted by Gasteiger charge is -2.15. The van der Waals surface area contributed by atoms with E-state index in [9.17, 15) is 0 Å². The Kier molecular flexibility index (Phi) is 5.70. The summed E-state index contributed by atoms with van der Waals surface area (Å²) in [4.78, 5) is 0. The number of hydrogen-bond acceptors (Lipinski definition) is 4. The molecule has 0 aliphatic carbocycles. The summed E-state index contributed by atoms with van der Waals surface area (Å²) in [5, 5.41) is 3.21. The van der Waals surface area contributed by atoms with E-state index in [0.717, 1.165) is 17.1 Å². The van der Waals surface area contributed by atoms with E-state index in [2.05, 4.69) is 25.2 Å². The van der Waals surface area contributed by atoms with Crippen molar-refractivity contribution in [2.75, 3.05) is 28.4 Å². The van der Waals surface area contributed by atoms with Gasteiger partial charge in [0.25, 0.3) is 0 Å². The Labute approximate surface area is 115 Å². The van der Waals surface area contributed by atoms with Gasteiger partial charge in [0.2, 0.25) is 0 Å². The quantitative estimate of drug-likeness (QED) is 0.858. The first-order valence-corrected chi connectivity index (χ1v) is 6.22. The summed E-state index contributed by atoms with van der Waals surface area (Å²) >= 11 is 0. The molecule has 4 heteroatoms. The lowest BCUT2D eigenvalue weighted by molar-refractivity contribution is 0.374. The molecule has 1 atom stereocenters. The van der Waals surface area contributed by atoms with Gasteiger partial charge in [0, 0.05) is 18.2 Å². The minimum Gasteiger partial charge on any atom is -0.496 e. The molecule has 1 rings (SSSR count). The summed E-state index contributed by atoms with van der Waals surface area (Å²) in [6.07, 6.45) is 2.07. The van der Waals surface area contributed by atoms with Gasteiger partial charge < -0.3 is 19.5 Å². The van der Waals surface area contributed by atoms with Crippen LogP contribution in [0.25, 0.3) is 6.08 Å². The Balaban J connectivity index is 3.32. The van der Waals surface area contributed by atoms with Crippen molar-refractivity contribution in [3.63, 3.8) is 0 Å². The van der Waals surface area contributed by atoms with Crippen LogP contribution in [0.5, 0.6) is 17.2 Å². The van der Waals surface area contributed by atoms with Crippen LogP contribution in [0.4, 0.5) is 0 Å². The molecule has 0 saturated heterocycles. The largest absolute Gasteiger partial charge is 0.496 e. The molecule has 1 aromatic carbocycles. The van der Waals surface area contributed by atoms with Gasteiger partial charge in [-0.25, -0.2) is 0 Å². The fourth-order valence-corrected chi connectivity index (χ4v) is 1.76. The van der Waals surface area contributed by atoms with E-state index < -0.39 is 0 Å². The van der Waals surface area contributed by atoms with Crippen LogP contribution in [0.15, 0.2) is 17.7 Å². The van der Waals surface area contributed by atoms with E-state index >= 15 is 0 Å². The first-order chi connectivity index (χ1) is 9.07. The minimum absolute atomic E-state index is 0.288. The van der Waals surface area contributed by atoms with Crippen LogP contribution in [0.1, 0.15) is 19.4 Å². The number of methoxy groups -OCH3 is 3. The van der Waals surface area contributed by atoms with Gasteiger partial charge in [-0.05, 0) is 27.0 Å². The molecule has 1 N–H and O–H groups in total. The van der Waals surface area contributed by atoms with Crippen LogP contribution in [-0.4, -0.2) is 34.4 Å². The third kappa shape index (κ3) is 3.64. The van der Waals surface area contributed by atoms with Gasteiger partial charge in [-0.1, -0.05) is 5.57 Å². The number of nitrogens with one attached hydrogen (secondary N) is 1. The third-order valence-corrected chi connectivity index (χ3v) is 3.24. The summed E-state index contributed by atoms with van der Waals surface area (Å²) in [6, 6.07) is 3.99. The number of hydrogen-bond donors (Lipinski definition) is 1. The van der Waals surface area contributed by atoms with E-state index in [4.69, 9.17) is 14.2 Å². The van der Waals surface area contributed by atoms with Gasteiger partial charge in [-0.2, -0.15) is 0 Å². The first kappa shape index (κ1) is 15.4. The highest BCUT2D eigenvalue weighted by molar-refractivity contribution is 5.68. The SMILES string of the molecule is CNC(C)C(C)=Cc1c(OC)cc(OC)cc1OC. The third-order valence-electron chi connectivity index (χ3n) is 3.24. The van der Waals surface area contributed by atoms with Crippen molar-refractivity contribution < 1.29 is 14.2 Å². The maximum Gasteiger partial charge on any atom is 0.133 e. The fourth-order valence-electron chi connectivity index (χ4n) is 1.76. The van der Waals surface area contributed by atoms with Crippen molar-refractivity contribution in [2.24, 2.45) is 0 Å². The van der Waals surface area contributed by atoms with Crippen LogP contribution in [0, 0.1) is 0 Å². The van der Waals surface area contributed by atoms with E-state index in [1.165, 1.54) is 5.57 Å². The highest BCUT2D eigenvalue weighted by Gasteiger charge is 2.12. The molecular formula is C15H23NO3. The summed E-state index contributed by atoms with van der Waals surface area (Å²) in [6.45, 7) is 4.18. The summed E-state index contributed by atoms with van der Waals surface area (Å²) in [7, 11) is 6.84. The Hall–Kier alpha value is -1.68. The Morgan fingerprint density at radius 3 is 2.00 bits per heavy atom. The molecule has 0 amide bonds. The topological polar surface area (TPSA) is 39.7 Å². The number of ether oxygens (including phenoxy) is 3. The van der Waals surface area contributed by atoms with E-state index in [1.54, 1.807) is 21.3 Å². The predicted molar refractivity (Wildman–Crippen MR) is 78.3 cm³/mol. The van der Waals surface area contributed by atoms with Crippen LogP contribution in [0.3, 0.4) is 0 Å². The average Bonchev–Trinajstić information content (AvgIpc) is 2.45. The zero-order chi connectivity index (χ0) is 14.4. The molecule has 0 saturated carbocycles. The zero-order valence-electron chi connectivity index (χ0n) is 12.5. The molecule has 0 aliphatic rings. The molecule has 19 heavy (non-hydrogen) atoms. The molecule has 4 nitrogen and oxygen atoms in total. The van der Waals surface area contributed by atoms with E-state index in [-0.39, 0.29) is 6.04 Å². The maximum absolute atomic E-state index is 5.42. The smallest absolute Gasteiger partial charge is 0.133 e. The highest BCUT2D eigenvalue weighted by atomic mass is 16.5. The molecule has 0 heterocycles. The molecule has 1 unspecified atom stereocenters. The van der Waals surface area contributed by atoms with Gasteiger partial charge in [0.05, 0.1) is 26.9 Å². The standard InChI is InChI=1S/C15H23NO3/c1-10(11(2)16-3)7-13-14(18-5)8-12(17-4)9-15(13)19-6/h7-9,11,16H,1-6H3. The molecule has 0 fully saturated rings. The van der Waals surface area contributed by atoms with Gasteiger partial charge in [0.15, 0.2) is 0 Å². The summed E-state index contributed by atoms with van der Waals surface area (Å²) in [5.41, 5.74) is 2.12. The second kappa shape index (κ2) is 7.04. The van der Waals surface area contributed by atoms with Gasteiger partial charge in [-0.15, -0.1) is 0 Å². The van der Waals surface area contributed by atoms with Crippen molar-refractivity contribution in [3.05, 3.63) is 23.3 Å². The number of benzene rings is 1. The van der Waals surface area contributed by atoms with E-state index in [0.29, 0.717) is 5.75 Å². The van der Waals surface area contributed by atoms with Crippen molar-refractivity contribution >= 4 is 6.08 Å². The first-order valence-electron chi connectivity index (χ1n) is 6.22. The fraction of sp³-hybridized carbons (Fsp3) is 0.467. The minimum atomic E-state index is 0.288. The Morgan fingerprint density at radius 2 is 1.63 bits per heavy atom. The average molecular weight is 265 g/mol. The van der Waals surface area contributed by atoms with Crippen LogP contribution < -0.4 is 19.5 Å². The highest BCUT2D eigenvalue weighted by Crippen LogP contribution is 2.35. The second-order valence-electron chi connectivity index (χ2n) is 4.34. The number of rotatable bonds is 6. The molecule has 0 aliphatic heterocycles. The molecule has 1 aromatic rings. The summed E-state index contributed by atoms with van der Waals surface area (Å²) < 4.78 is 16.1. The second-order valence-corrected chi connectivity index (χ2v) is 4.34. The Bertz CT molecular complexity index is 430. The molecule has 0 bridgehead atoms. The van der Waals surface area contributed by atoms with Crippen molar-refractivity contribution in [3.8, 4) is 17.2 Å². The van der Waals surface area contributed by atoms with Crippen LogP contribution >= 0.6 is 0 Å². The maximum atomic E-state index is 5.42. The molecule has 0 spiro atoms. The lowest BCUT2D eigenvalue weighted by Crippen LogP contribution is -2.22. The molecular weight excluding hydrogens is 242 g/mol. The molecule has 106 valence electrons. The summed E-state index contributed by atoms with van der Waals surface area (Å²) in [5.74, 6) is 2.18. The van der Waals surface area contributed by atoms with Gasteiger partial charge in [0.1, 0.15) is 17.2 Å². The molecule has 0 aromatic heterocycles.